The van der Waals surface area contributed by atoms with Crippen LogP contribution in [-0.4, -0.2) is 7.32 Å². The zero-order chi connectivity index (χ0) is 34.1. The van der Waals surface area contributed by atoms with Crippen molar-refractivity contribution >= 4 is 18.5 Å². The molecule has 0 heterocycles. The molecular formula is C45H37BO3. The highest BCUT2D eigenvalue weighted by molar-refractivity contribution is 6.29. The SMILES string of the molecule is C1=C[CH+]C(=C(c2ccccc2)c2ccccc2)C=C1.C1=C[CH+]C(=C(c2ccccc2)c2ccccc2)C=C1.Cc1ccc(OB([O-])[O-])cc1. The summed E-state index contributed by atoms with van der Waals surface area (Å²) in [5.41, 5.74) is 11.1. The van der Waals surface area contributed by atoms with Crippen LogP contribution in [0.4, 0.5) is 0 Å². The summed E-state index contributed by atoms with van der Waals surface area (Å²) in [6, 6.07) is 48.9. The maximum atomic E-state index is 10.0. The Morgan fingerprint density at radius 2 is 0.816 bits per heavy atom. The molecule has 0 amide bonds. The highest BCUT2D eigenvalue weighted by Gasteiger charge is 2.18. The maximum absolute atomic E-state index is 10.0. The van der Waals surface area contributed by atoms with Gasteiger partial charge in [0.1, 0.15) is 18.5 Å². The summed E-state index contributed by atoms with van der Waals surface area (Å²) in [6.07, 6.45) is 21.1. The van der Waals surface area contributed by atoms with Crippen LogP contribution in [0.15, 0.2) is 205 Å². The highest BCUT2D eigenvalue weighted by atomic mass is 16.6. The van der Waals surface area contributed by atoms with Gasteiger partial charge in [0, 0.05) is 83.7 Å². The first-order valence-electron chi connectivity index (χ1n) is 16.2. The van der Waals surface area contributed by atoms with Crippen molar-refractivity contribution in [2.75, 3.05) is 0 Å². The van der Waals surface area contributed by atoms with Gasteiger partial charge in [-0.3, -0.25) is 0 Å². The average molecular weight is 637 g/mol. The van der Waals surface area contributed by atoms with Crippen molar-refractivity contribution in [3.63, 3.8) is 0 Å². The van der Waals surface area contributed by atoms with Crippen molar-refractivity contribution < 1.29 is 14.7 Å². The van der Waals surface area contributed by atoms with Crippen LogP contribution in [0.1, 0.15) is 27.8 Å². The van der Waals surface area contributed by atoms with Crippen LogP contribution in [0, 0.1) is 19.8 Å². The van der Waals surface area contributed by atoms with Crippen molar-refractivity contribution in [1.82, 2.24) is 0 Å². The predicted octanol–water partition coefficient (Wildman–Crippen LogP) is 8.72. The lowest BCUT2D eigenvalue weighted by atomic mass is 9.90. The minimum atomic E-state index is -2.24. The summed E-state index contributed by atoms with van der Waals surface area (Å²) in [6.45, 7) is 1.91. The third kappa shape index (κ3) is 10.5. The Morgan fingerprint density at radius 1 is 0.469 bits per heavy atom. The van der Waals surface area contributed by atoms with E-state index in [2.05, 4.69) is 187 Å². The van der Waals surface area contributed by atoms with E-state index in [0.717, 1.165) is 5.56 Å². The van der Waals surface area contributed by atoms with Crippen LogP contribution in [-0.2, 0) is 0 Å². The van der Waals surface area contributed by atoms with Crippen LogP contribution in [0.2, 0.25) is 0 Å². The predicted molar refractivity (Wildman–Crippen MR) is 201 cm³/mol. The average Bonchev–Trinajstić information content (AvgIpc) is 3.16. The van der Waals surface area contributed by atoms with Crippen LogP contribution < -0.4 is 14.7 Å². The van der Waals surface area contributed by atoms with Crippen LogP contribution in [0.3, 0.4) is 0 Å². The molecule has 2 aliphatic rings. The van der Waals surface area contributed by atoms with Gasteiger partial charge in [-0.2, -0.15) is 0 Å². The Kier molecular flexibility index (Phi) is 12.9. The topological polar surface area (TPSA) is 55.3 Å². The number of aryl methyl sites for hydroxylation is 1. The molecule has 0 atom stereocenters. The maximum Gasteiger partial charge on any atom is 0.133 e. The van der Waals surface area contributed by atoms with Gasteiger partial charge < -0.3 is 14.7 Å². The van der Waals surface area contributed by atoms with Crippen molar-refractivity contribution in [2.24, 2.45) is 0 Å². The van der Waals surface area contributed by atoms with E-state index >= 15 is 0 Å². The van der Waals surface area contributed by atoms with Crippen LogP contribution in [0.25, 0.3) is 11.1 Å². The van der Waals surface area contributed by atoms with Gasteiger partial charge in [0.2, 0.25) is 0 Å². The normalized spacial score (nSPS) is 12.3. The number of rotatable bonds is 6. The second kappa shape index (κ2) is 18.4. The van der Waals surface area contributed by atoms with E-state index in [4.69, 9.17) is 0 Å². The number of allylic oxidation sites excluding steroid dienone is 10. The van der Waals surface area contributed by atoms with E-state index in [1.165, 1.54) is 44.5 Å². The van der Waals surface area contributed by atoms with E-state index in [-0.39, 0.29) is 0 Å². The van der Waals surface area contributed by atoms with E-state index in [1.807, 2.05) is 6.92 Å². The molecule has 5 aromatic carbocycles. The van der Waals surface area contributed by atoms with Crippen molar-refractivity contribution in [3.8, 4) is 5.75 Å². The molecule has 2 aliphatic carbocycles. The molecule has 0 aliphatic heterocycles. The largest absolute Gasteiger partial charge is 0.860 e. The molecule has 0 aromatic heterocycles. The van der Waals surface area contributed by atoms with E-state index in [0.29, 0.717) is 5.75 Å². The number of benzene rings is 5. The summed E-state index contributed by atoms with van der Waals surface area (Å²) in [4.78, 5) is 0. The summed E-state index contributed by atoms with van der Waals surface area (Å²) in [7, 11) is -2.24. The van der Waals surface area contributed by atoms with Crippen molar-refractivity contribution in [1.29, 1.82) is 0 Å². The molecule has 0 bridgehead atoms. The van der Waals surface area contributed by atoms with Gasteiger partial charge in [0.05, 0.1) is 16.9 Å². The van der Waals surface area contributed by atoms with Crippen LogP contribution >= 0.6 is 0 Å². The Labute approximate surface area is 291 Å². The fourth-order valence-corrected chi connectivity index (χ4v) is 5.36. The molecule has 0 radical (unpaired) electrons. The summed E-state index contributed by atoms with van der Waals surface area (Å²) < 4.78 is 4.36. The molecule has 0 spiro atoms. The van der Waals surface area contributed by atoms with Crippen molar-refractivity contribution in [2.45, 2.75) is 6.92 Å². The van der Waals surface area contributed by atoms with Gasteiger partial charge in [-0.15, -0.1) is 0 Å². The Bertz CT molecular complexity index is 1720. The third-order valence-electron chi connectivity index (χ3n) is 7.63. The minimum Gasteiger partial charge on any atom is -0.860 e. The minimum absolute atomic E-state index is 0.325. The second-order valence-corrected chi connectivity index (χ2v) is 11.2. The molecule has 3 nitrogen and oxygen atoms in total. The fourth-order valence-electron chi connectivity index (χ4n) is 5.36. The van der Waals surface area contributed by atoms with Crippen molar-refractivity contribution in [3.05, 3.63) is 246 Å². The van der Waals surface area contributed by atoms with E-state index < -0.39 is 7.32 Å². The van der Waals surface area contributed by atoms with Gasteiger partial charge in [0.15, 0.2) is 0 Å². The quantitative estimate of drug-likeness (QED) is 0.138. The molecule has 238 valence electrons. The summed E-state index contributed by atoms with van der Waals surface area (Å²) >= 11 is 0. The lowest BCUT2D eigenvalue weighted by molar-refractivity contribution is -0.372. The second-order valence-electron chi connectivity index (χ2n) is 11.2. The van der Waals surface area contributed by atoms with Gasteiger partial charge in [-0.05, 0) is 67.6 Å². The Hall–Kier alpha value is -5.94. The fraction of sp³-hybridized carbons (Fsp3) is 0.0222. The molecule has 7 rings (SSSR count). The number of hydrogen-bond acceptors (Lipinski definition) is 3. The smallest absolute Gasteiger partial charge is 0.133 e. The molecule has 4 heteroatoms. The lowest BCUT2D eigenvalue weighted by Gasteiger charge is -2.26. The van der Waals surface area contributed by atoms with E-state index in [1.54, 1.807) is 24.3 Å². The highest BCUT2D eigenvalue weighted by Crippen LogP contribution is 2.31. The molecule has 0 unspecified atom stereocenters. The lowest BCUT2D eigenvalue weighted by Crippen LogP contribution is -2.50. The molecule has 0 saturated carbocycles. The summed E-state index contributed by atoms with van der Waals surface area (Å²) in [5.74, 6) is 0.325. The Balaban J connectivity index is 0.000000149. The third-order valence-corrected chi connectivity index (χ3v) is 7.63. The molecule has 0 N–H and O–H groups in total. The molecule has 0 saturated heterocycles. The first-order chi connectivity index (χ1) is 24.1. The first kappa shape index (κ1) is 34.4. The first-order valence-corrected chi connectivity index (χ1v) is 16.2. The standard InChI is InChI=1S/2C19H15.C7H7BO3/c2*1-4-10-16(11-5-1)19(17-12-6-2-7-13-17)18-14-8-3-9-15-18;1-6-2-4-7(5-3-6)11-8(9)10/h2*1-15H;2-5H,1H3/q2*+1;-2. The van der Waals surface area contributed by atoms with E-state index in [9.17, 15) is 10.0 Å². The molecule has 49 heavy (non-hydrogen) atoms. The summed E-state index contributed by atoms with van der Waals surface area (Å²) in [5, 5.41) is 20.0. The monoisotopic (exact) mass is 636 g/mol. The van der Waals surface area contributed by atoms with Gasteiger partial charge in [-0.1, -0.05) is 90.5 Å². The number of hydrogen-bond donors (Lipinski definition) is 0. The van der Waals surface area contributed by atoms with Gasteiger partial charge in [-0.25, -0.2) is 0 Å². The zero-order valence-electron chi connectivity index (χ0n) is 27.4. The Morgan fingerprint density at radius 3 is 1.10 bits per heavy atom. The van der Waals surface area contributed by atoms with Gasteiger partial charge in [0.25, 0.3) is 0 Å². The molecular weight excluding hydrogens is 599 g/mol. The molecule has 5 aromatic rings. The zero-order valence-corrected chi connectivity index (χ0v) is 27.4. The van der Waals surface area contributed by atoms with Crippen LogP contribution in [0.5, 0.6) is 5.75 Å². The molecule has 0 fully saturated rings. The van der Waals surface area contributed by atoms with Gasteiger partial charge >= 0.3 is 0 Å².